The maximum atomic E-state index is 13.6. The van der Waals surface area contributed by atoms with Crippen molar-refractivity contribution in [2.24, 2.45) is 5.92 Å². The first-order valence-corrected chi connectivity index (χ1v) is 16.7. The molecule has 1 aliphatic heterocycles. The zero-order chi connectivity index (χ0) is 33.9. The van der Waals surface area contributed by atoms with E-state index in [2.05, 4.69) is 73.7 Å². The van der Waals surface area contributed by atoms with Crippen molar-refractivity contribution < 1.29 is 14.3 Å². The molecule has 10 nitrogen and oxygen atoms in total. The summed E-state index contributed by atoms with van der Waals surface area (Å²) in [5.41, 5.74) is 2.04. The number of hydrogen-bond acceptors (Lipinski definition) is 9. The molecular weight excluding hydrogens is 598 g/mol. The first-order chi connectivity index (χ1) is 21.4. The minimum atomic E-state index is -0.585. The zero-order valence-corrected chi connectivity index (χ0v) is 29.6. The van der Waals surface area contributed by atoms with Crippen LogP contribution < -0.4 is 20.3 Å². The Kier molecular flexibility index (Phi) is 10.6. The first-order valence-electron chi connectivity index (χ1n) is 15.9. The topological polar surface area (TPSA) is 121 Å². The molecule has 0 radical (unpaired) electrons. The molecule has 1 fully saturated rings. The van der Waals surface area contributed by atoms with Gasteiger partial charge in [-0.15, -0.1) is 0 Å². The molecule has 2 amide bonds. The van der Waals surface area contributed by atoms with E-state index in [4.69, 9.17) is 14.7 Å². The number of hydrogen-bond donors (Lipinski definition) is 3. The second-order valence-electron chi connectivity index (χ2n) is 14.6. The van der Waals surface area contributed by atoms with Gasteiger partial charge in [0.25, 0.3) is 5.91 Å². The molecule has 0 spiro atoms. The number of nitrogens with zero attached hydrogens (tertiary/aromatic N) is 4. The summed E-state index contributed by atoms with van der Waals surface area (Å²) in [6.45, 7) is 21.4. The molecule has 1 saturated heterocycles. The quantitative estimate of drug-likeness (QED) is 0.198. The average molecular weight is 648 g/mol. The minimum Gasteiger partial charge on any atom is -0.444 e. The number of nitrogens with one attached hydrogen (secondary N) is 3. The molecule has 2 atom stereocenters. The monoisotopic (exact) mass is 647 g/mol. The van der Waals surface area contributed by atoms with E-state index in [0.717, 1.165) is 36.6 Å². The molecule has 1 aliphatic rings. The van der Waals surface area contributed by atoms with Crippen LogP contribution in [0.25, 0.3) is 0 Å². The van der Waals surface area contributed by atoms with E-state index in [1.807, 2.05) is 57.2 Å². The second kappa shape index (κ2) is 13.9. The molecule has 248 valence electrons. The molecule has 2 unspecified atom stereocenters. The van der Waals surface area contributed by atoms with E-state index in [0.29, 0.717) is 28.0 Å². The van der Waals surface area contributed by atoms with Gasteiger partial charge < -0.3 is 15.0 Å². The largest absolute Gasteiger partial charge is 0.444 e. The third-order valence-electron chi connectivity index (χ3n) is 7.71. The van der Waals surface area contributed by atoms with Crippen LogP contribution in [0.15, 0.2) is 53.7 Å². The predicted molar refractivity (Wildman–Crippen MR) is 186 cm³/mol. The summed E-state index contributed by atoms with van der Waals surface area (Å²) < 4.78 is 8.32. The van der Waals surface area contributed by atoms with Gasteiger partial charge in [-0.25, -0.2) is 14.8 Å². The number of rotatable bonds is 9. The number of pyridine rings is 3. The summed E-state index contributed by atoms with van der Waals surface area (Å²) in [6, 6.07) is 13.1. The highest BCUT2D eigenvalue weighted by Crippen LogP contribution is 2.38. The van der Waals surface area contributed by atoms with Crippen LogP contribution in [0.2, 0.25) is 0 Å². The number of aromatic nitrogens is 3. The molecule has 0 bridgehead atoms. The number of anilines is 3. The lowest BCUT2D eigenvalue weighted by Gasteiger charge is -2.34. The van der Waals surface area contributed by atoms with Crippen LogP contribution in [0.3, 0.4) is 0 Å². The highest BCUT2D eigenvalue weighted by atomic mass is 32.2. The fourth-order valence-electron chi connectivity index (χ4n) is 5.58. The lowest BCUT2D eigenvalue weighted by molar-refractivity contribution is 0.0635. The number of carbonyl (C=O) groups is 2. The van der Waals surface area contributed by atoms with Crippen molar-refractivity contribution in [3.63, 3.8) is 0 Å². The van der Waals surface area contributed by atoms with Crippen molar-refractivity contribution >= 4 is 41.3 Å². The van der Waals surface area contributed by atoms with Crippen LogP contribution in [-0.4, -0.2) is 44.6 Å². The summed E-state index contributed by atoms with van der Waals surface area (Å²) >= 11 is 1.18. The first kappa shape index (κ1) is 35.0. The lowest BCUT2D eigenvalue weighted by atomic mass is 9.91. The molecule has 4 heterocycles. The van der Waals surface area contributed by atoms with Gasteiger partial charge in [0.1, 0.15) is 22.3 Å². The van der Waals surface area contributed by atoms with Crippen LogP contribution in [0.1, 0.15) is 110 Å². The van der Waals surface area contributed by atoms with E-state index in [9.17, 15) is 9.59 Å². The van der Waals surface area contributed by atoms with Crippen LogP contribution >= 0.6 is 11.9 Å². The number of amides is 2. The minimum absolute atomic E-state index is 0.105. The Morgan fingerprint density at radius 3 is 2.39 bits per heavy atom. The average Bonchev–Trinajstić information content (AvgIpc) is 3.24. The molecule has 3 N–H and O–H groups in total. The van der Waals surface area contributed by atoms with Gasteiger partial charge in [0.15, 0.2) is 0 Å². The van der Waals surface area contributed by atoms with Gasteiger partial charge in [-0.05, 0) is 89.8 Å². The van der Waals surface area contributed by atoms with E-state index in [1.165, 1.54) is 11.9 Å². The standard InChI is InChI=1S/C35H49N7O3S/c1-11-25(26-17-15-23(20-36-26)37-32(44)45-34(6,7)8)38-28-13-12-14-29(40-28)46-41-31(43)24-16-18-27(33(3,4)5)39-30(24)42-21-22(2)19-35(42,9)10/h12-18,20,22,25H,11,19,21H2,1-10H3,(H,37,44)(H,38,40)(H,41,43). The zero-order valence-electron chi connectivity index (χ0n) is 28.8. The highest BCUT2D eigenvalue weighted by Gasteiger charge is 2.39. The van der Waals surface area contributed by atoms with Gasteiger partial charge in [0, 0.05) is 35.1 Å². The van der Waals surface area contributed by atoms with E-state index in [1.54, 1.807) is 12.3 Å². The summed E-state index contributed by atoms with van der Waals surface area (Å²) in [5.74, 6) is 1.69. The van der Waals surface area contributed by atoms with Crippen LogP contribution in [-0.2, 0) is 10.2 Å². The molecule has 0 aliphatic carbocycles. The molecule has 11 heteroatoms. The Bertz CT molecular complexity index is 1530. The maximum Gasteiger partial charge on any atom is 0.412 e. The molecule has 0 aromatic carbocycles. The van der Waals surface area contributed by atoms with Crippen molar-refractivity contribution in [1.82, 2.24) is 19.7 Å². The molecule has 3 aromatic rings. The van der Waals surface area contributed by atoms with Crippen molar-refractivity contribution in [3.05, 3.63) is 65.6 Å². The third kappa shape index (κ3) is 9.11. The summed E-state index contributed by atoms with van der Waals surface area (Å²) in [6.07, 6.45) is 2.88. The predicted octanol–water partition coefficient (Wildman–Crippen LogP) is 8.14. The molecule has 46 heavy (non-hydrogen) atoms. The Morgan fingerprint density at radius 1 is 1.07 bits per heavy atom. The van der Waals surface area contributed by atoms with Gasteiger partial charge in [0.05, 0.1) is 29.2 Å². The van der Waals surface area contributed by atoms with Crippen molar-refractivity contribution in [1.29, 1.82) is 0 Å². The van der Waals surface area contributed by atoms with Crippen LogP contribution in [0, 0.1) is 5.92 Å². The number of carbonyl (C=O) groups excluding carboxylic acids is 2. The number of ether oxygens (including phenoxy) is 1. The summed E-state index contributed by atoms with van der Waals surface area (Å²) in [5, 5.41) is 6.80. The van der Waals surface area contributed by atoms with E-state index in [-0.39, 0.29) is 22.9 Å². The van der Waals surface area contributed by atoms with Crippen molar-refractivity contribution in [2.45, 2.75) is 110 Å². The summed E-state index contributed by atoms with van der Waals surface area (Å²) in [4.78, 5) is 42.3. The maximum absolute atomic E-state index is 13.6. The molecular formula is C35H49N7O3S. The smallest absolute Gasteiger partial charge is 0.412 e. The normalized spacial score (nSPS) is 16.9. The van der Waals surface area contributed by atoms with E-state index >= 15 is 0 Å². The van der Waals surface area contributed by atoms with Crippen molar-refractivity contribution in [3.8, 4) is 0 Å². The Balaban J connectivity index is 1.45. The second-order valence-corrected chi connectivity index (χ2v) is 15.5. The van der Waals surface area contributed by atoms with Gasteiger partial charge in [0.2, 0.25) is 0 Å². The van der Waals surface area contributed by atoms with E-state index < -0.39 is 11.7 Å². The molecule has 3 aromatic heterocycles. The fourth-order valence-corrected chi connectivity index (χ4v) is 6.18. The Hall–Kier alpha value is -3.86. The Morgan fingerprint density at radius 2 is 1.80 bits per heavy atom. The lowest BCUT2D eigenvalue weighted by Crippen LogP contribution is -2.40. The third-order valence-corrected chi connectivity index (χ3v) is 8.43. The highest BCUT2D eigenvalue weighted by molar-refractivity contribution is 7.97. The van der Waals surface area contributed by atoms with Gasteiger partial charge in [-0.1, -0.05) is 40.7 Å². The van der Waals surface area contributed by atoms with Gasteiger partial charge in [-0.3, -0.25) is 19.8 Å². The van der Waals surface area contributed by atoms with Gasteiger partial charge >= 0.3 is 6.09 Å². The summed E-state index contributed by atoms with van der Waals surface area (Å²) in [7, 11) is 0. The van der Waals surface area contributed by atoms with Crippen LogP contribution in [0.4, 0.5) is 22.1 Å². The van der Waals surface area contributed by atoms with Crippen LogP contribution in [0.5, 0.6) is 0 Å². The molecule has 4 rings (SSSR count). The fraction of sp³-hybridized carbons (Fsp3) is 0.514. The SMILES string of the molecule is CCC(Nc1cccc(SNC(=O)c2ccc(C(C)(C)C)nc2N2CC(C)CC2(C)C)n1)c1ccc(NC(=O)OC(C)(C)C)cn1. The van der Waals surface area contributed by atoms with Crippen molar-refractivity contribution in [2.75, 3.05) is 22.1 Å². The van der Waals surface area contributed by atoms with Gasteiger partial charge in [-0.2, -0.15) is 0 Å². The Labute approximate surface area is 278 Å². The molecule has 0 saturated carbocycles.